The van der Waals surface area contributed by atoms with Crippen molar-refractivity contribution in [3.8, 4) is 17.7 Å². The summed E-state index contributed by atoms with van der Waals surface area (Å²) in [6.45, 7) is 9.31. The molecule has 1 heterocycles. The van der Waals surface area contributed by atoms with Crippen molar-refractivity contribution < 1.29 is 19.4 Å². The number of carbonyl (C=O) groups excluding carboxylic acids is 1. The fraction of sp³-hybridized carbons (Fsp3) is 0.435. The molecular weight excluding hydrogens is 384 g/mol. The molecule has 2 rings (SSSR count). The number of carbonyl (C=O) groups is 1. The van der Waals surface area contributed by atoms with E-state index >= 15 is 0 Å². The van der Waals surface area contributed by atoms with Crippen LogP contribution in [0.25, 0.3) is 0 Å². The quantitative estimate of drug-likeness (QED) is 0.500. The molecule has 7 nitrogen and oxygen atoms in total. The number of ketones is 1. The number of aromatic nitrogens is 1. The zero-order valence-electron chi connectivity index (χ0n) is 18.1. The van der Waals surface area contributed by atoms with Crippen molar-refractivity contribution in [1.82, 2.24) is 4.57 Å². The molecule has 30 heavy (non-hydrogen) atoms. The molecule has 0 atom stereocenters. The second-order valence-corrected chi connectivity index (χ2v) is 7.45. The number of ether oxygens (including phenoxy) is 2. The van der Waals surface area contributed by atoms with Gasteiger partial charge in [0.15, 0.2) is 6.61 Å². The van der Waals surface area contributed by atoms with Crippen LogP contribution < -0.4 is 10.3 Å². The number of Topliss-reactive ketones (excluding diaryl/α,β-unsaturated/α-hetero) is 1. The van der Waals surface area contributed by atoms with Crippen LogP contribution in [0.4, 0.5) is 0 Å². The molecule has 0 saturated heterocycles. The summed E-state index contributed by atoms with van der Waals surface area (Å²) >= 11 is 0. The highest BCUT2D eigenvalue weighted by molar-refractivity contribution is 6.01. The van der Waals surface area contributed by atoms with E-state index in [1.807, 2.05) is 45.9 Å². The summed E-state index contributed by atoms with van der Waals surface area (Å²) in [5.41, 5.74) is 1.25. The minimum atomic E-state index is -0.621. The normalized spacial score (nSPS) is 10.8. The van der Waals surface area contributed by atoms with Gasteiger partial charge in [-0.1, -0.05) is 12.1 Å². The van der Waals surface area contributed by atoms with Crippen LogP contribution in [0.15, 0.2) is 23.0 Å². The lowest BCUT2D eigenvalue weighted by atomic mass is 10.0. The van der Waals surface area contributed by atoms with Crippen LogP contribution in [0.5, 0.6) is 11.6 Å². The largest absolute Gasteiger partial charge is 0.494 e. The highest BCUT2D eigenvalue weighted by Gasteiger charge is 2.24. The number of rotatable bonds is 9. The standard InChI is InChI=1S/C23H28N2O5/c1-14(2)29-11-7-10-25-22(27)18(12-24)17(5)21(23(25)28)19(26)13-30-20-9-6-8-15(3)16(20)4/h6,8-9,14,28H,7,10-11,13H2,1-5H3. The summed E-state index contributed by atoms with van der Waals surface area (Å²) in [5, 5.41) is 20.1. The molecule has 1 aromatic heterocycles. The zero-order chi connectivity index (χ0) is 22.4. The lowest BCUT2D eigenvalue weighted by Crippen LogP contribution is -2.28. The molecule has 1 N–H and O–H groups in total. The first-order chi connectivity index (χ1) is 14.2. The second kappa shape index (κ2) is 10.1. The van der Waals surface area contributed by atoms with E-state index in [0.717, 1.165) is 15.7 Å². The van der Waals surface area contributed by atoms with E-state index in [9.17, 15) is 20.0 Å². The van der Waals surface area contributed by atoms with Gasteiger partial charge in [-0.3, -0.25) is 14.2 Å². The van der Waals surface area contributed by atoms with E-state index in [4.69, 9.17) is 9.47 Å². The number of pyridine rings is 1. The maximum Gasteiger partial charge on any atom is 0.271 e. The van der Waals surface area contributed by atoms with Gasteiger partial charge in [0.05, 0.1) is 11.7 Å². The van der Waals surface area contributed by atoms with Crippen LogP contribution in [-0.2, 0) is 11.3 Å². The van der Waals surface area contributed by atoms with Crippen molar-refractivity contribution in [3.63, 3.8) is 0 Å². The maximum absolute atomic E-state index is 12.9. The van der Waals surface area contributed by atoms with Crippen molar-refractivity contribution >= 4 is 5.78 Å². The second-order valence-electron chi connectivity index (χ2n) is 7.45. The predicted molar refractivity (Wildman–Crippen MR) is 113 cm³/mol. The Hall–Kier alpha value is -3.11. The van der Waals surface area contributed by atoms with Gasteiger partial charge in [-0.25, -0.2) is 0 Å². The predicted octanol–water partition coefficient (Wildman–Crippen LogP) is 3.43. The van der Waals surface area contributed by atoms with Crippen molar-refractivity contribution in [3.05, 3.63) is 56.4 Å². The van der Waals surface area contributed by atoms with Crippen LogP contribution >= 0.6 is 0 Å². The Kier molecular flexibility index (Phi) is 7.79. The average Bonchev–Trinajstić information content (AvgIpc) is 2.68. The summed E-state index contributed by atoms with van der Waals surface area (Å²) < 4.78 is 12.2. The first kappa shape index (κ1) is 23.2. The highest BCUT2D eigenvalue weighted by Crippen LogP contribution is 2.24. The van der Waals surface area contributed by atoms with Gasteiger partial charge >= 0.3 is 0 Å². The lowest BCUT2D eigenvalue weighted by Gasteiger charge is -2.16. The van der Waals surface area contributed by atoms with Gasteiger partial charge in [0.1, 0.15) is 17.4 Å². The Morgan fingerprint density at radius 1 is 1.23 bits per heavy atom. The Morgan fingerprint density at radius 3 is 2.57 bits per heavy atom. The van der Waals surface area contributed by atoms with Crippen molar-refractivity contribution in [2.75, 3.05) is 13.2 Å². The van der Waals surface area contributed by atoms with E-state index in [2.05, 4.69) is 0 Å². The molecule has 0 radical (unpaired) electrons. The third-order valence-electron chi connectivity index (χ3n) is 4.97. The molecular formula is C23H28N2O5. The minimum Gasteiger partial charge on any atom is -0.494 e. The SMILES string of the molecule is Cc1cccc(OCC(=O)c2c(C)c(C#N)c(=O)n(CCCOC(C)C)c2O)c1C. The molecule has 0 aliphatic carbocycles. The van der Waals surface area contributed by atoms with E-state index in [1.165, 1.54) is 6.92 Å². The van der Waals surface area contributed by atoms with Crippen molar-refractivity contribution in [2.24, 2.45) is 0 Å². The smallest absolute Gasteiger partial charge is 0.271 e. The molecule has 0 aliphatic rings. The Labute approximate surface area is 176 Å². The molecule has 160 valence electrons. The first-order valence-electron chi connectivity index (χ1n) is 9.89. The topological polar surface area (TPSA) is 102 Å². The maximum atomic E-state index is 12.9. The van der Waals surface area contributed by atoms with E-state index < -0.39 is 17.2 Å². The highest BCUT2D eigenvalue weighted by atomic mass is 16.5. The Bertz CT molecular complexity index is 1030. The molecule has 0 bridgehead atoms. The van der Waals surface area contributed by atoms with Gasteiger partial charge in [0.25, 0.3) is 5.56 Å². The third kappa shape index (κ3) is 5.08. The number of nitriles is 1. The Balaban J connectivity index is 2.32. The molecule has 0 unspecified atom stereocenters. The van der Waals surface area contributed by atoms with Crippen molar-refractivity contribution in [2.45, 2.75) is 53.7 Å². The van der Waals surface area contributed by atoms with E-state index in [1.54, 1.807) is 6.07 Å². The number of aryl methyl sites for hydroxylation is 1. The first-order valence-corrected chi connectivity index (χ1v) is 9.89. The molecule has 0 spiro atoms. The zero-order valence-corrected chi connectivity index (χ0v) is 18.1. The number of benzene rings is 1. The molecule has 7 heteroatoms. The molecule has 0 fully saturated rings. The summed E-state index contributed by atoms with van der Waals surface area (Å²) in [4.78, 5) is 25.5. The number of aromatic hydroxyl groups is 1. The average molecular weight is 412 g/mol. The van der Waals surface area contributed by atoms with Gasteiger partial charge in [0, 0.05) is 13.2 Å². The monoisotopic (exact) mass is 412 g/mol. The number of nitrogens with zero attached hydrogens (tertiary/aromatic N) is 2. The molecule has 0 aliphatic heterocycles. The van der Waals surface area contributed by atoms with E-state index in [0.29, 0.717) is 18.8 Å². The van der Waals surface area contributed by atoms with Crippen LogP contribution in [0.3, 0.4) is 0 Å². The summed E-state index contributed by atoms with van der Waals surface area (Å²) in [6.07, 6.45) is 0.494. The molecule has 2 aromatic rings. The third-order valence-corrected chi connectivity index (χ3v) is 4.97. The summed E-state index contributed by atoms with van der Waals surface area (Å²) in [5.74, 6) is -0.384. The number of hydrogen-bond donors (Lipinski definition) is 1. The van der Waals surface area contributed by atoms with E-state index in [-0.39, 0.29) is 35.9 Å². The minimum absolute atomic E-state index is 0.0439. The lowest BCUT2D eigenvalue weighted by molar-refractivity contribution is 0.0743. The van der Waals surface area contributed by atoms with Gasteiger partial charge in [-0.15, -0.1) is 0 Å². The summed E-state index contributed by atoms with van der Waals surface area (Å²) in [6, 6.07) is 7.39. The van der Waals surface area contributed by atoms with Gasteiger partial charge in [-0.05, 0) is 63.8 Å². The summed E-state index contributed by atoms with van der Waals surface area (Å²) in [7, 11) is 0. The molecule has 0 amide bonds. The number of hydrogen-bond acceptors (Lipinski definition) is 6. The van der Waals surface area contributed by atoms with Crippen LogP contribution in [0, 0.1) is 32.1 Å². The van der Waals surface area contributed by atoms with Crippen LogP contribution in [0.1, 0.15) is 52.9 Å². The molecule has 1 aromatic carbocycles. The van der Waals surface area contributed by atoms with Crippen LogP contribution in [-0.4, -0.2) is 34.8 Å². The van der Waals surface area contributed by atoms with Crippen LogP contribution in [0.2, 0.25) is 0 Å². The van der Waals surface area contributed by atoms with Crippen molar-refractivity contribution in [1.29, 1.82) is 5.26 Å². The van der Waals surface area contributed by atoms with Gasteiger partial charge < -0.3 is 14.6 Å². The van der Waals surface area contributed by atoms with Gasteiger partial charge in [-0.2, -0.15) is 5.26 Å². The van der Waals surface area contributed by atoms with Gasteiger partial charge in [0.2, 0.25) is 11.7 Å². The Morgan fingerprint density at radius 2 is 1.93 bits per heavy atom. The molecule has 0 saturated carbocycles. The fourth-order valence-corrected chi connectivity index (χ4v) is 3.13. The fourth-order valence-electron chi connectivity index (χ4n) is 3.13.